The highest BCUT2D eigenvalue weighted by molar-refractivity contribution is 9.10. The number of ether oxygens (including phenoxy) is 1. The third-order valence-corrected chi connectivity index (χ3v) is 2.32. The summed E-state index contributed by atoms with van der Waals surface area (Å²) in [6, 6.07) is 3.25. The molecule has 0 aliphatic carbocycles. The first-order chi connectivity index (χ1) is 7.04. The van der Waals surface area contributed by atoms with Crippen LogP contribution in [0.2, 0.25) is 0 Å². The number of carbonyl (C=O) groups is 1. The molecule has 15 heavy (non-hydrogen) atoms. The van der Waals surface area contributed by atoms with E-state index in [1.54, 1.807) is 12.1 Å². The van der Waals surface area contributed by atoms with Gasteiger partial charge >= 0.3 is 0 Å². The normalized spacial score (nSPS) is 10.5. The van der Waals surface area contributed by atoms with E-state index in [4.69, 9.17) is 10.5 Å². The summed E-state index contributed by atoms with van der Waals surface area (Å²) in [6.07, 6.45) is 2.77. The fraction of sp³-hybridized carbons (Fsp3) is 0.100. The number of methoxy groups -OCH3 is 1. The van der Waals surface area contributed by atoms with Crippen molar-refractivity contribution >= 4 is 27.9 Å². The highest BCUT2D eigenvalue weighted by atomic mass is 79.9. The van der Waals surface area contributed by atoms with E-state index in [0.717, 1.165) is 0 Å². The van der Waals surface area contributed by atoms with E-state index in [0.29, 0.717) is 15.8 Å². The van der Waals surface area contributed by atoms with Crippen LogP contribution in [0.5, 0.6) is 11.5 Å². The highest BCUT2D eigenvalue weighted by Gasteiger charge is 2.06. The molecule has 80 valence electrons. The van der Waals surface area contributed by atoms with Crippen LogP contribution >= 0.6 is 15.9 Å². The second kappa shape index (κ2) is 4.84. The van der Waals surface area contributed by atoms with Gasteiger partial charge in [0.15, 0.2) is 11.5 Å². The molecule has 0 aromatic heterocycles. The Balaban J connectivity index is 3.11. The van der Waals surface area contributed by atoms with E-state index in [-0.39, 0.29) is 5.75 Å². The summed E-state index contributed by atoms with van der Waals surface area (Å²) in [5.74, 6) is -0.180. The van der Waals surface area contributed by atoms with Crippen LogP contribution in [0, 0.1) is 0 Å². The zero-order valence-electron chi connectivity index (χ0n) is 8.03. The predicted octanol–water partition coefficient (Wildman–Crippen LogP) is 1.66. The number of phenols is 1. The number of halogens is 1. The fourth-order valence-electron chi connectivity index (χ4n) is 1.02. The number of aromatic hydroxyl groups is 1. The topological polar surface area (TPSA) is 72.5 Å². The van der Waals surface area contributed by atoms with Crippen LogP contribution in [-0.2, 0) is 4.79 Å². The van der Waals surface area contributed by atoms with E-state index in [2.05, 4.69) is 15.9 Å². The van der Waals surface area contributed by atoms with Crippen LogP contribution in [0.4, 0.5) is 0 Å². The summed E-state index contributed by atoms with van der Waals surface area (Å²) in [5.41, 5.74) is 5.66. The summed E-state index contributed by atoms with van der Waals surface area (Å²) in [7, 11) is 1.45. The number of phenolic OH excluding ortho intramolecular Hbond substituents is 1. The minimum atomic E-state index is -0.529. The van der Waals surface area contributed by atoms with Crippen molar-refractivity contribution in [1.82, 2.24) is 0 Å². The van der Waals surface area contributed by atoms with E-state index in [1.165, 1.54) is 19.3 Å². The maximum absolute atomic E-state index is 10.5. The number of carbonyl (C=O) groups excluding carboxylic acids is 1. The molecule has 3 N–H and O–H groups in total. The smallest absolute Gasteiger partial charge is 0.241 e. The first kappa shape index (κ1) is 11.6. The summed E-state index contributed by atoms with van der Waals surface area (Å²) in [4.78, 5) is 10.5. The van der Waals surface area contributed by atoms with Crippen LogP contribution in [0.15, 0.2) is 22.7 Å². The van der Waals surface area contributed by atoms with Gasteiger partial charge < -0.3 is 15.6 Å². The standard InChI is InChI=1S/C10H10BrNO3/c1-15-8-5-6(2-3-9(12)13)4-7(11)10(8)14/h2-5,14H,1H3,(H2,12,13). The van der Waals surface area contributed by atoms with Crippen molar-refractivity contribution in [3.63, 3.8) is 0 Å². The van der Waals surface area contributed by atoms with Crippen molar-refractivity contribution in [2.75, 3.05) is 7.11 Å². The average molecular weight is 272 g/mol. The second-order valence-corrected chi connectivity index (χ2v) is 3.64. The zero-order valence-corrected chi connectivity index (χ0v) is 9.61. The van der Waals surface area contributed by atoms with Crippen molar-refractivity contribution in [2.24, 2.45) is 5.73 Å². The lowest BCUT2D eigenvalue weighted by atomic mass is 10.2. The first-order valence-electron chi connectivity index (χ1n) is 4.08. The Bertz CT molecular complexity index is 415. The molecule has 0 heterocycles. The molecule has 0 saturated carbocycles. The molecule has 1 amide bonds. The molecule has 1 rings (SSSR count). The lowest BCUT2D eigenvalue weighted by molar-refractivity contribution is -0.113. The van der Waals surface area contributed by atoms with Gasteiger partial charge in [0, 0.05) is 6.08 Å². The maximum Gasteiger partial charge on any atom is 0.241 e. The molecular formula is C10H10BrNO3. The average Bonchev–Trinajstić information content (AvgIpc) is 2.19. The van der Waals surface area contributed by atoms with Gasteiger partial charge in [-0.3, -0.25) is 4.79 Å². The zero-order chi connectivity index (χ0) is 11.4. The van der Waals surface area contributed by atoms with Crippen LogP contribution < -0.4 is 10.5 Å². The van der Waals surface area contributed by atoms with Gasteiger partial charge in [0.2, 0.25) is 5.91 Å². The Morgan fingerprint density at radius 3 is 2.80 bits per heavy atom. The third-order valence-electron chi connectivity index (χ3n) is 1.71. The molecule has 5 heteroatoms. The van der Waals surface area contributed by atoms with Crippen LogP contribution in [0.1, 0.15) is 5.56 Å². The molecule has 4 nitrogen and oxygen atoms in total. The molecule has 0 spiro atoms. The van der Waals surface area contributed by atoms with Crippen LogP contribution in [0.25, 0.3) is 6.08 Å². The van der Waals surface area contributed by atoms with Crippen LogP contribution in [-0.4, -0.2) is 18.1 Å². The minimum absolute atomic E-state index is 0.0220. The Kier molecular flexibility index (Phi) is 3.74. The largest absolute Gasteiger partial charge is 0.503 e. The third kappa shape index (κ3) is 2.99. The van der Waals surface area contributed by atoms with Crippen molar-refractivity contribution in [3.05, 3.63) is 28.2 Å². The van der Waals surface area contributed by atoms with E-state index in [1.807, 2.05) is 0 Å². The van der Waals surface area contributed by atoms with Crippen molar-refractivity contribution in [3.8, 4) is 11.5 Å². The number of primary amides is 1. The molecule has 0 aliphatic rings. The Labute approximate surface area is 95.5 Å². The van der Waals surface area contributed by atoms with Crippen LogP contribution in [0.3, 0.4) is 0 Å². The molecule has 0 bridgehead atoms. The summed E-state index contributed by atoms with van der Waals surface area (Å²) < 4.78 is 5.43. The van der Waals surface area contributed by atoms with Crippen molar-refractivity contribution in [1.29, 1.82) is 0 Å². The monoisotopic (exact) mass is 271 g/mol. The maximum atomic E-state index is 10.5. The molecule has 0 aliphatic heterocycles. The Hall–Kier alpha value is -1.49. The molecule has 0 saturated heterocycles. The molecule has 0 radical (unpaired) electrons. The molecule has 0 fully saturated rings. The number of amides is 1. The quantitative estimate of drug-likeness (QED) is 0.822. The molecule has 0 atom stereocenters. The van der Waals surface area contributed by atoms with E-state index < -0.39 is 5.91 Å². The SMILES string of the molecule is COc1cc(C=CC(N)=O)cc(Br)c1O. The van der Waals surface area contributed by atoms with Crippen molar-refractivity contribution in [2.45, 2.75) is 0 Å². The van der Waals surface area contributed by atoms with Gasteiger partial charge in [-0.25, -0.2) is 0 Å². The van der Waals surface area contributed by atoms with E-state index >= 15 is 0 Å². The Morgan fingerprint density at radius 1 is 1.60 bits per heavy atom. The first-order valence-corrected chi connectivity index (χ1v) is 4.88. The lowest BCUT2D eigenvalue weighted by Crippen LogP contribution is -2.05. The summed E-state index contributed by atoms with van der Waals surface area (Å²) in [6.45, 7) is 0. The second-order valence-electron chi connectivity index (χ2n) is 2.79. The number of hydrogen-bond acceptors (Lipinski definition) is 3. The van der Waals surface area contributed by atoms with Gasteiger partial charge in [-0.15, -0.1) is 0 Å². The van der Waals surface area contributed by atoms with Gasteiger partial charge in [-0.1, -0.05) is 0 Å². The number of rotatable bonds is 3. The van der Waals surface area contributed by atoms with Gasteiger partial charge in [0.1, 0.15) is 0 Å². The van der Waals surface area contributed by atoms with Crippen molar-refractivity contribution < 1.29 is 14.6 Å². The van der Waals surface area contributed by atoms with Gasteiger partial charge in [-0.2, -0.15) is 0 Å². The van der Waals surface area contributed by atoms with Gasteiger partial charge in [-0.05, 0) is 39.7 Å². The Morgan fingerprint density at radius 2 is 2.27 bits per heavy atom. The molecule has 0 unspecified atom stereocenters. The van der Waals surface area contributed by atoms with E-state index in [9.17, 15) is 9.90 Å². The lowest BCUT2D eigenvalue weighted by Gasteiger charge is -2.06. The fourth-order valence-corrected chi connectivity index (χ4v) is 1.48. The molecule has 1 aromatic rings. The van der Waals surface area contributed by atoms with Gasteiger partial charge in [0.05, 0.1) is 11.6 Å². The number of nitrogens with two attached hydrogens (primary N) is 1. The molecular weight excluding hydrogens is 262 g/mol. The number of hydrogen-bond donors (Lipinski definition) is 2. The number of benzene rings is 1. The highest BCUT2D eigenvalue weighted by Crippen LogP contribution is 2.35. The summed E-state index contributed by atoms with van der Waals surface area (Å²) >= 11 is 3.16. The predicted molar refractivity (Wildman–Crippen MR) is 60.6 cm³/mol. The summed E-state index contributed by atoms with van der Waals surface area (Å²) in [5, 5.41) is 9.51. The minimum Gasteiger partial charge on any atom is -0.503 e. The van der Waals surface area contributed by atoms with Gasteiger partial charge in [0.25, 0.3) is 0 Å². The molecule has 1 aromatic carbocycles.